The van der Waals surface area contributed by atoms with Crippen LogP contribution >= 0.6 is 0 Å². The van der Waals surface area contributed by atoms with E-state index in [2.05, 4.69) is 11.0 Å². The third kappa shape index (κ3) is 3.40. The van der Waals surface area contributed by atoms with E-state index >= 15 is 0 Å². The highest BCUT2D eigenvalue weighted by Gasteiger charge is 2.44. The molecule has 2 saturated heterocycles. The van der Waals surface area contributed by atoms with Crippen molar-refractivity contribution >= 4 is 0 Å². The Hall–Kier alpha value is -1.48. The highest BCUT2D eigenvalue weighted by atomic mass is 19.1. The number of hydrogen-bond acceptors (Lipinski definition) is 4. The zero-order valence-electron chi connectivity index (χ0n) is 13.5. The highest BCUT2D eigenvalue weighted by molar-refractivity contribution is 5.33. The van der Waals surface area contributed by atoms with Crippen molar-refractivity contribution < 1.29 is 14.2 Å². The van der Waals surface area contributed by atoms with Crippen LogP contribution in [0.5, 0.6) is 0 Å². The van der Waals surface area contributed by atoms with Gasteiger partial charge in [0.1, 0.15) is 5.82 Å². The van der Waals surface area contributed by atoms with E-state index in [1.807, 2.05) is 6.92 Å². The normalized spacial score (nSPS) is 31.9. The van der Waals surface area contributed by atoms with Crippen molar-refractivity contribution in [2.45, 2.75) is 44.4 Å². The number of nitrogens with zero attached hydrogens (tertiary/aromatic N) is 2. The van der Waals surface area contributed by atoms with Crippen LogP contribution < -0.4 is 0 Å². The molecule has 0 radical (unpaired) electrons. The summed E-state index contributed by atoms with van der Waals surface area (Å²) in [5.74, 6) is -0.234. The molecule has 3 rings (SSSR count). The van der Waals surface area contributed by atoms with Crippen LogP contribution in [0.15, 0.2) is 18.2 Å². The topological polar surface area (TPSA) is 56.5 Å². The largest absolute Gasteiger partial charge is 0.390 e. The number of halogens is 1. The van der Waals surface area contributed by atoms with Gasteiger partial charge in [-0.3, -0.25) is 4.90 Å². The number of nitriles is 1. The Kier molecular flexibility index (Phi) is 4.67. The molecule has 0 amide bonds. The first-order chi connectivity index (χ1) is 11.0. The smallest absolute Gasteiger partial charge is 0.127 e. The van der Waals surface area contributed by atoms with Crippen molar-refractivity contribution in [3.05, 3.63) is 35.1 Å². The number of likely N-dealkylation sites (tertiary alicyclic amines) is 1. The Morgan fingerprint density at radius 3 is 3.09 bits per heavy atom. The summed E-state index contributed by atoms with van der Waals surface area (Å²) in [4.78, 5) is 2.23. The molecule has 5 heteroatoms. The predicted octanol–water partition coefficient (Wildman–Crippen LogP) is 2.45. The third-order valence-electron chi connectivity index (χ3n) is 5.28. The molecule has 2 aliphatic rings. The van der Waals surface area contributed by atoms with Crippen LogP contribution in [0, 0.1) is 23.1 Å². The standard InChI is InChI=1S/C18H23FN2O2/c1-18(22)6-8-23-12-15(18)17-3-2-7-21(17)11-14-9-13(10-20)4-5-16(14)19/h4-5,9,15,17,22H,2-3,6-8,11-12H2,1H3/t15-,17-,18-/m0/s1. The molecule has 1 aromatic carbocycles. The number of hydrogen-bond donors (Lipinski definition) is 1. The molecule has 0 bridgehead atoms. The summed E-state index contributed by atoms with van der Waals surface area (Å²) in [5, 5.41) is 19.7. The second kappa shape index (κ2) is 6.56. The van der Waals surface area contributed by atoms with Gasteiger partial charge in [0, 0.05) is 30.7 Å². The monoisotopic (exact) mass is 318 g/mol. The minimum absolute atomic E-state index is 0.0426. The summed E-state index contributed by atoms with van der Waals surface area (Å²) in [6.07, 6.45) is 2.67. The van der Waals surface area contributed by atoms with Gasteiger partial charge in [-0.15, -0.1) is 0 Å². The number of rotatable bonds is 3. The van der Waals surface area contributed by atoms with E-state index in [-0.39, 0.29) is 17.8 Å². The number of ether oxygens (including phenoxy) is 1. The quantitative estimate of drug-likeness (QED) is 0.930. The average molecular weight is 318 g/mol. The lowest BCUT2D eigenvalue weighted by atomic mass is 9.79. The van der Waals surface area contributed by atoms with Gasteiger partial charge < -0.3 is 9.84 Å². The van der Waals surface area contributed by atoms with Crippen molar-refractivity contribution in [3.8, 4) is 6.07 Å². The molecule has 0 spiro atoms. The van der Waals surface area contributed by atoms with E-state index in [1.165, 1.54) is 12.1 Å². The summed E-state index contributed by atoms with van der Waals surface area (Å²) in [7, 11) is 0. The molecule has 124 valence electrons. The molecule has 23 heavy (non-hydrogen) atoms. The first-order valence-electron chi connectivity index (χ1n) is 8.24. The summed E-state index contributed by atoms with van der Waals surface area (Å²) in [5.41, 5.74) is 0.288. The molecule has 2 aliphatic heterocycles. The Bertz CT molecular complexity index is 612. The van der Waals surface area contributed by atoms with Gasteiger partial charge in [0.2, 0.25) is 0 Å². The lowest BCUT2D eigenvalue weighted by Crippen LogP contribution is -2.52. The first kappa shape index (κ1) is 16.4. The molecule has 0 unspecified atom stereocenters. The van der Waals surface area contributed by atoms with Crippen LogP contribution in [-0.2, 0) is 11.3 Å². The first-order valence-corrected chi connectivity index (χ1v) is 8.24. The van der Waals surface area contributed by atoms with Crippen LogP contribution in [0.1, 0.15) is 37.3 Å². The Morgan fingerprint density at radius 1 is 1.52 bits per heavy atom. The van der Waals surface area contributed by atoms with Gasteiger partial charge in [0.15, 0.2) is 0 Å². The molecular formula is C18H23FN2O2. The molecule has 1 aromatic rings. The van der Waals surface area contributed by atoms with Crippen molar-refractivity contribution in [1.82, 2.24) is 4.90 Å². The van der Waals surface area contributed by atoms with Crippen molar-refractivity contribution in [1.29, 1.82) is 5.26 Å². The van der Waals surface area contributed by atoms with Gasteiger partial charge in [0.05, 0.1) is 23.8 Å². The van der Waals surface area contributed by atoms with Crippen LogP contribution in [-0.4, -0.2) is 41.4 Å². The minimum Gasteiger partial charge on any atom is -0.390 e. The zero-order chi connectivity index (χ0) is 16.4. The lowest BCUT2D eigenvalue weighted by molar-refractivity contribution is -0.123. The van der Waals surface area contributed by atoms with E-state index in [9.17, 15) is 9.50 Å². The Balaban J connectivity index is 1.78. The van der Waals surface area contributed by atoms with Gasteiger partial charge >= 0.3 is 0 Å². The summed E-state index contributed by atoms with van der Waals surface area (Å²) in [6, 6.07) is 6.74. The zero-order valence-corrected chi connectivity index (χ0v) is 13.5. The average Bonchev–Trinajstić information content (AvgIpc) is 2.97. The van der Waals surface area contributed by atoms with E-state index in [0.717, 1.165) is 19.4 Å². The van der Waals surface area contributed by atoms with E-state index < -0.39 is 5.60 Å². The maximum Gasteiger partial charge on any atom is 0.127 e. The summed E-state index contributed by atoms with van der Waals surface area (Å²) < 4.78 is 19.7. The van der Waals surface area contributed by atoms with Gasteiger partial charge in [-0.05, 0) is 50.9 Å². The van der Waals surface area contributed by atoms with Crippen LogP contribution in [0.25, 0.3) is 0 Å². The Labute approximate surface area is 136 Å². The van der Waals surface area contributed by atoms with Gasteiger partial charge in [-0.1, -0.05) is 0 Å². The van der Waals surface area contributed by atoms with E-state index in [1.54, 1.807) is 6.07 Å². The van der Waals surface area contributed by atoms with E-state index in [4.69, 9.17) is 10.00 Å². The predicted molar refractivity (Wildman–Crippen MR) is 84.1 cm³/mol. The lowest BCUT2D eigenvalue weighted by Gasteiger charge is -2.43. The molecule has 2 fully saturated rings. The summed E-state index contributed by atoms with van der Waals surface area (Å²) in [6.45, 7) is 4.38. The number of benzene rings is 1. The highest BCUT2D eigenvalue weighted by Crippen LogP contribution is 2.36. The molecule has 2 heterocycles. The molecule has 1 N–H and O–H groups in total. The molecular weight excluding hydrogens is 295 g/mol. The fraction of sp³-hybridized carbons (Fsp3) is 0.611. The van der Waals surface area contributed by atoms with Gasteiger partial charge in [0.25, 0.3) is 0 Å². The molecule has 0 aliphatic carbocycles. The van der Waals surface area contributed by atoms with Gasteiger partial charge in [-0.25, -0.2) is 4.39 Å². The molecule has 0 saturated carbocycles. The second-order valence-corrected chi connectivity index (χ2v) is 6.89. The Morgan fingerprint density at radius 2 is 2.35 bits per heavy atom. The SMILES string of the molecule is C[C@]1(O)CCOC[C@H]1[C@@H]1CCCN1Cc1cc(C#N)ccc1F. The third-order valence-corrected chi connectivity index (χ3v) is 5.28. The van der Waals surface area contributed by atoms with E-state index in [0.29, 0.717) is 37.3 Å². The second-order valence-electron chi connectivity index (χ2n) is 6.89. The van der Waals surface area contributed by atoms with Crippen LogP contribution in [0.2, 0.25) is 0 Å². The molecule has 0 aromatic heterocycles. The van der Waals surface area contributed by atoms with Crippen LogP contribution in [0.3, 0.4) is 0 Å². The number of aliphatic hydroxyl groups is 1. The van der Waals surface area contributed by atoms with Crippen LogP contribution in [0.4, 0.5) is 4.39 Å². The van der Waals surface area contributed by atoms with Gasteiger partial charge in [-0.2, -0.15) is 5.26 Å². The fourth-order valence-corrected chi connectivity index (χ4v) is 3.87. The van der Waals surface area contributed by atoms with Crippen molar-refractivity contribution in [2.24, 2.45) is 5.92 Å². The minimum atomic E-state index is -0.738. The maximum atomic E-state index is 14.1. The van der Waals surface area contributed by atoms with Crippen molar-refractivity contribution in [2.75, 3.05) is 19.8 Å². The maximum absolute atomic E-state index is 14.1. The molecule has 3 atom stereocenters. The fourth-order valence-electron chi connectivity index (χ4n) is 3.87. The molecule has 4 nitrogen and oxygen atoms in total. The van der Waals surface area contributed by atoms with Crippen molar-refractivity contribution in [3.63, 3.8) is 0 Å². The summed E-state index contributed by atoms with van der Waals surface area (Å²) >= 11 is 0.